The fraction of sp³-hybridized carbons (Fsp3) is 0.562. The zero-order valence-corrected chi connectivity index (χ0v) is 14.8. The molecule has 2 rings (SSSR count). The van der Waals surface area contributed by atoms with E-state index in [2.05, 4.69) is 6.92 Å². The highest BCUT2D eigenvalue weighted by Gasteiger charge is 2.31. The van der Waals surface area contributed by atoms with Crippen LogP contribution in [-0.4, -0.2) is 42.3 Å². The zero-order chi connectivity index (χ0) is 15.2. The molecule has 0 radical (unpaired) electrons. The minimum atomic E-state index is 0. The van der Waals surface area contributed by atoms with Gasteiger partial charge in [0, 0.05) is 17.5 Å². The van der Waals surface area contributed by atoms with Crippen LogP contribution in [0.15, 0.2) is 29.2 Å². The molecule has 124 valence electrons. The highest BCUT2D eigenvalue weighted by molar-refractivity contribution is 8.00. The Kier molecular flexibility index (Phi) is 8.07. The minimum absolute atomic E-state index is 0. The van der Waals surface area contributed by atoms with Gasteiger partial charge in [-0.2, -0.15) is 0 Å². The van der Waals surface area contributed by atoms with E-state index in [1.807, 2.05) is 36.1 Å². The quantitative estimate of drug-likeness (QED) is 0.806. The predicted octanol–water partition coefficient (Wildman–Crippen LogP) is 2.79. The van der Waals surface area contributed by atoms with E-state index in [1.54, 1.807) is 11.8 Å². The molecule has 1 heterocycles. The van der Waals surface area contributed by atoms with Crippen LogP contribution >= 0.6 is 24.2 Å². The van der Waals surface area contributed by atoms with Gasteiger partial charge in [-0.1, -0.05) is 0 Å². The summed E-state index contributed by atoms with van der Waals surface area (Å²) in [5.74, 6) is 2.01. The van der Waals surface area contributed by atoms with Crippen LogP contribution in [-0.2, 0) is 4.79 Å². The molecule has 0 spiro atoms. The molecule has 1 aromatic carbocycles. The van der Waals surface area contributed by atoms with Crippen molar-refractivity contribution in [3.63, 3.8) is 0 Å². The second-order valence-electron chi connectivity index (χ2n) is 5.43. The molecule has 1 amide bonds. The normalized spacial score (nSPS) is 20.6. The predicted molar refractivity (Wildman–Crippen MR) is 93.9 cm³/mol. The van der Waals surface area contributed by atoms with Crippen molar-refractivity contribution in [1.82, 2.24) is 4.90 Å². The maximum absolute atomic E-state index is 12.3. The number of hydrogen-bond donors (Lipinski definition) is 1. The van der Waals surface area contributed by atoms with Crippen molar-refractivity contribution in [2.24, 2.45) is 11.7 Å². The molecule has 4 nitrogen and oxygen atoms in total. The van der Waals surface area contributed by atoms with Gasteiger partial charge in [-0.15, -0.1) is 24.2 Å². The maximum atomic E-state index is 12.3. The Labute approximate surface area is 143 Å². The Morgan fingerprint density at radius 3 is 2.64 bits per heavy atom. The Morgan fingerprint density at radius 1 is 1.41 bits per heavy atom. The maximum Gasteiger partial charge on any atom is 0.233 e. The average molecular weight is 345 g/mol. The van der Waals surface area contributed by atoms with E-state index >= 15 is 0 Å². The topological polar surface area (TPSA) is 55.6 Å². The van der Waals surface area contributed by atoms with Gasteiger partial charge >= 0.3 is 0 Å². The smallest absolute Gasteiger partial charge is 0.233 e. The fourth-order valence-electron chi connectivity index (χ4n) is 2.69. The highest BCUT2D eigenvalue weighted by Crippen LogP contribution is 2.25. The fourth-order valence-corrected chi connectivity index (χ4v) is 3.47. The summed E-state index contributed by atoms with van der Waals surface area (Å²) in [6.45, 7) is 6.21. The van der Waals surface area contributed by atoms with Crippen molar-refractivity contribution in [3.8, 4) is 5.75 Å². The SMILES string of the molecule is CCOc1ccc(SCC(=O)N2CC(CN)CC2C)cc1.Cl. The first kappa shape index (κ1) is 19.1. The van der Waals surface area contributed by atoms with Crippen LogP contribution in [0.1, 0.15) is 20.3 Å². The van der Waals surface area contributed by atoms with Gasteiger partial charge in [-0.05, 0) is 57.0 Å². The van der Waals surface area contributed by atoms with Crippen LogP contribution in [0, 0.1) is 5.92 Å². The summed E-state index contributed by atoms with van der Waals surface area (Å²) in [5.41, 5.74) is 5.71. The van der Waals surface area contributed by atoms with E-state index < -0.39 is 0 Å². The van der Waals surface area contributed by atoms with Gasteiger partial charge in [0.05, 0.1) is 12.4 Å². The Bertz CT molecular complexity index is 470. The minimum Gasteiger partial charge on any atom is -0.494 e. The number of carbonyl (C=O) groups excluding carboxylic acids is 1. The molecular weight excluding hydrogens is 320 g/mol. The number of carbonyl (C=O) groups is 1. The van der Waals surface area contributed by atoms with Crippen LogP contribution in [0.5, 0.6) is 5.75 Å². The molecule has 0 aromatic heterocycles. The summed E-state index contributed by atoms with van der Waals surface area (Å²) < 4.78 is 5.41. The molecule has 6 heteroatoms. The van der Waals surface area contributed by atoms with Gasteiger partial charge in [0.25, 0.3) is 0 Å². The van der Waals surface area contributed by atoms with E-state index in [9.17, 15) is 4.79 Å². The Hall–Kier alpha value is -0.910. The molecule has 2 atom stereocenters. The van der Waals surface area contributed by atoms with Crippen LogP contribution in [0.25, 0.3) is 0 Å². The summed E-state index contributed by atoms with van der Waals surface area (Å²) in [6, 6.07) is 8.20. The number of ether oxygens (including phenoxy) is 1. The number of halogens is 1. The van der Waals surface area contributed by atoms with Gasteiger partial charge in [-0.25, -0.2) is 0 Å². The van der Waals surface area contributed by atoms with Crippen LogP contribution in [0.4, 0.5) is 0 Å². The van der Waals surface area contributed by atoms with Crippen molar-refractivity contribution in [1.29, 1.82) is 0 Å². The van der Waals surface area contributed by atoms with E-state index in [0.717, 1.165) is 23.6 Å². The molecule has 1 aliphatic rings. The van der Waals surface area contributed by atoms with Crippen molar-refractivity contribution in [2.75, 3.05) is 25.4 Å². The first-order valence-corrected chi connectivity index (χ1v) is 8.47. The molecule has 1 saturated heterocycles. The average Bonchev–Trinajstić information content (AvgIpc) is 2.88. The van der Waals surface area contributed by atoms with Crippen LogP contribution in [0.3, 0.4) is 0 Å². The monoisotopic (exact) mass is 344 g/mol. The van der Waals surface area contributed by atoms with Crippen molar-refractivity contribution in [3.05, 3.63) is 24.3 Å². The lowest BCUT2D eigenvalue weighted by Crippen LogP contribution is -2.35. The molecule has 2 N–H and O–H groups in total. The van der Waals surface area contributed by atoms with Gasteiger partial charge in [-0.3, -0.25) is 4.79 Å². The largest absolute Gasteiger partial charge is 0.494 e. The summed E-state index contributed by atoms with van der Waals surface area (Å²) in [7, 11) is 0. The van der Waals surface area contributed by atoms with E-state index in [1.165, 1.54) is 0 Å². The molecule has 1 aromatic rings. The number of hydrogen-bond acceptors (Lipinski definition) is 4. The summed E-state index contributed by atoms with van der Waals surface area (Å²) in [6.07, 6.45) is 1.02. The molecular formula is C16H25ClN2O2S. The van der Waals surface area contributed by atoms with Crippen molar-refractivity contribution in [2.45, 2.75) is 31.2 Å². The van der Waals surface area contributed by atoms with Crippen molar-refractivity contribution < 1.29 is 9.53 Å². The second kappa shape index (κ2) is 9.28. The van der Waals surface area contributed by atoms with Crippen LogP contribution in [0.2, 0.25) is 0 Å². The zero-order valence-electron chi connectivity index (χ0n) is 13.2. The number of benzene rings is 1. The lowest BCUT2D eigenvalue weighted by Gasteiger charge is -2.21. The Balaban J connectivity index is 0.00000242. The first-order chi connectivity index (χ1) is 10.1. The van der Waals surface area contributed by atoms with E-state index in [4.69, 9.17) is 10.5 Å². The first-order valence-electron chi connectivity index (χ1n) is 7.49. The third-order valence-electron chi connectivity index (χ3n) is 3.81. The molecule has 1 fully saturated rings. The third kappa shape index (κ3) is 5.07. The molecule has 22 heavy (non-hydrogen) atoms. The number of amides is 1. The second-order valence-corrected chi connectivity index (χ2v) is 6.47. The number of likely N-dealkylation sites (tertiary alicyclic amines) is 1. The third-order valence-corrected chi connectivity index (χ3v) is 4.81. The summed E-state index contributed by atoms with van der Waals surface area (Å²) >= 11 is 1.58. The lowest BCUT2D eigenvalue weighted by molar-refractivity contribution is -0.128. The summed E-state index contributed by atoms with van der Waals surface area (Å²) in [4.78, 5) is 15.4. The van der Waals surface area contributed by atoms with Crippen molar-refractivity contribution >= 4 is 30.1 Å². The van der Waals surface area contributed by atoms with Crippen LogP contribution < -0.4 is 10.5 Å². The molecule has 2 unspecified atom stereocenters. The number of thioether (sulfide) groups is 1. The molecule has 0 saturated carbocycles. The number of nitrogens with two attached hydrogens (primary N) is 1. The van der Waals surface area contributed by atoms with E-state index in [0.29, 0.717) is 30.9 Å². The van der Waals surface area contributed by atoms with Gasteiger partial charge in [0.2, 0.25) is 5.91 Å². The van der Waals surface area contributed by atoms with Gasteiger partial charge in [0.1, 0.15) is 5.75 Å². The number of nitrogens with zero attached hydrogens (tertiary/aromatic N) is 1. The standard InChI is InChI=1S/C16H24N2O2S.ClH/c1-3-20-14-4-6-15(7-5-14)21-11-16(19)18-10-13(9-17)8-12(18)2;/h4-7,12-13H,3,8-11,17H2,1-2H3;1H. The van der Waals surface area contributed by atoms with E-state index in [-0.39, 0.29) is 18.3 Å². The highest BCUT2D eigenvalue weighted by atomic mass is 35.5. The van der Waals surface area contributed by atoms with Gasteiger partial charge in [0.15, 0.2) is 0 Å². The molecule has 0 bridgehead atoms. The summed E-state index contributed by atoms with van der Waals surface area (Å²) in [5, 5.41) is 0. The molecule has 0 aliphatic carbocycles. The number of rotatable bonds is 6. The van der Waals surface area contributed by atoms with Gasteiger partial charge < -0.3 is 15.4 Å². The molecule has 1 aliphatic heterocycles. The lowest BCUT2D eigenvalue weighted by atomic mass is 10.1. The Morgan fingerprint density at radius 2 is 2.09 bits per heavy atom.